The number of thiocarbonyl (C=S) groups is 1. The van der Waals surface area contributed by atoms with E-state index in [9.17, 15) is 0 Å². The molecular formula is C10H21NO2S. The summed E-state index contributed by atoms with van der Waals surface area (Å²) in [6.07, 6.45) is 3.02. The van der Waals surface area contributed by atoms with Gasteiger partial charge in [-0.05, 0) is 13.3 Å². The Morgan fingerprint density at radius 3 is 2.64 bits per heavy atom. The maximum Gasteiger partial charge on any atom is 0.0753 e. The third-order valence-electron chi connectivity index (χ3n) is 1.76. The Hall–Kier alpha value is -0.190. The van der Waals surface area contributed by atoms with E-state index in [0.29, 0.717) is 24.6 Å². The standard InChI is InChI=1S/C10H21NO2S/c1-3-4-5-12-6-7-13-9(2)8-10(11)14/h9H,3-8H2,1-2H3,(H2,11,14). The molecule has 0 rings (SSSR count). The third kappa shape index (κ3) is 9.89. The predicted molar refractivity (Wildman–Crippen MR) is 62.5 cm³/mol. The summed E-state index contributed by atoms with van der Waals surface area (Å²) in [6, 6.07) is 0. The van der Waals surface area contributed by atoms with E-state index in [0.717, 1.165) is 13.0 Å². The maximum absolute atomic E-state index is 5.44. The van der Waals surface area contributed by atoms with Crippen molar-refractivity contribution in [1.82, 2.24) is 0 Å². The molecule has 0 aliphatic rings. The van der Waals surface area contributed by atoms with Gasteiger partial charge in [-0.3, -0.25) is 0 Å². The first kappa shape index (κ1) is 13.8. The van der Waals surface area contributed by atoms with E-state index in [4.69, 9.17) is 27.4 Å². The smallest absolute Gasteiger partial charge is 0.0753 e. The van der Waals surface area contributed by atoms with Crippen LogP contribution in [0.4, 0.5) is 0 Å². The summed E-state index contributed by atoms with van der Waals surface area (Å²) in [5, 5.41) is 0. The lowest BCUT2D eigenvalue weighted by Gasteiger charge is -2.11. The van der Waals surface area contributed by atoms with Gasteiger partial charge in [-0.1, -0.05) is 25.6 Å². The normalized spacial score (nSPS) is 12.7. The Kier molecular flexibility index (Phi) is 9.24. The van der Waals surface area contributed by atoms with Gasteiger partial charge in [-0.2, -0.15) is 0 Å². The number of ether oxygens (including phenoxy) is 2. The lowest BCUT2D eigenvalue weighted by molar-refractivity contribution is 0.0147. The van der Waals surface area contributed by atoms with Crippen LogP contribution >= 0.6 is 12.2 Å². The van der Waals surface area contributed by atoms with Crippen LogP contribution in [0.3, 0.4) is 0 Å². The number of hydrogen-bond donors (Lipinski definition) is 1. The first-order valence-corrected chi connectivity index (χ1v) is 5.55. The molecule has 0 aromatic heterocycles. The SMILES string of the molecule is CCCCOCCOC(C)CC(N)=S. The van der Waals surface area contributed by atoms with E-state index in [2.05, 4.69) is 6.92 Å². The van der Waals surface area contributed by atoms with E-state index in [1.54, 1.807) is 0 Å². The molecule has 0 bridgehead atoms. The molecule has 0 saturated carbocycles. The maximum atomic E-state index is 5.44. The van der Waals surface area contributed by atoms with Crippen LogP contribution in [0.1, 0.15) is 33.1 Å². The van der Waals surface area contributed by atoms with E-state index >= 15 is 0 Å². The predicted octanol–water partition coefficient (Wildman–Crippen LogP) is 1.88. The summed E-state index contributed by atoms with van der Waals surface area (Å²) in [4.78, 5) is 0.504. The zero-order chi connectivity index (χ0) is 10.8. The molecule has 0 aliphatic heterocycles. The van der Waals surface area contributed by atoms with E-state index in [1.165, 1.54) is 6.42 Å². The van der Waals surface area contributed by atoms with Crippen LogP contribution in [0.2, 0.25) is 0 Å². The van der Waals surface area contributed by atoms with Crippen LogP contribution in [0.5, 0.6) is 0 Å². The van der Waals surface area contributed by atoms with Gasteiger partial charge in [0.05, 0.1) is 24.3 Å². The van der Waals surface area contributed by atoms with Gasteiger partial charge in [0, 0.05) is 13.0 Å². The van der Waals surface area contributed by atoms with Crippen molar-refractivity contribution >= 4 is 17.2 Å². The van der Waals surface area contributed by atoms with Crippen molar-refractivity contribution in [3.8, 4) is 0 Å². The summed E-state index contributed by atoms with van der Waals surface area (Å²) in [5.41, 5.74) is 5.38. The first-order chi connectivity index (χ1) is 6.66. The van der Waals surface area contributed by atoms with E-state index in [1.807, 2.05) is 6.92 Å². The van der Waals surface area contributed by atoms with E-state index < -0.39 is 0 Å². The monoisotopic (exact) mass is 219 g/mol. The minimum atomic E-state index is 0.0993. The largest absolute Gasteiger partial charge is 0.393 e. The third-order valence-corrected chi connectivity index (χ3v) is 1.93. The Labute approximate surface area is 91.9 Å². The number of nitrogens with two attached hydrogens (primary N) is 1. The zero-order valence-electron chi connectivity index (χ0n) is 9.12. The van der Waals surface area contributed by atoms with Crippen LogP contribution in [0.15, 0.2) is 0 Å². The fraction of sp³-hybridized carbons (Fsp3) is 0.900. The Morgan fingerprint density at radius 1 is 1.36 bits per heavy atom. The highest BCUT2D eigenvalue weighted by Crippen LogP contribution is 1.97. The first-order valence-electron chi connectivity index (χ1n) is 5.14. The van der Waals surface area contributed by atoms with Crippen LogP contribution < -0.4 is 5.73 Å². The lowest BCUT2D eigenvalue weighted by atomic mass is 10.3. The Balaban J connectivity index is 3.14. The van der Waals surface area contributed by atoms with Crippen molar-refractivity contribution in [2.24, 2.45) is 5.73 Å². The highest BCUT2D eigenvalue weighted by atomic mass is 32.1. The molecule has 0 radical (unpaired) electrons. The molecule has 1 atom stereocenters. The molecule has 84 valence electrons. The van der Waals surface area contributed by atoms with Crippen LogP contribution in [-0.4, -0.2) is 30.9 Å². The number of unbranched alkanes of at least 4 members (excludes halogenated alkanes) is 1. The van der Waals surface area contributed by atoms with Crippen molar-refractivity contribution in [1.29, 1.82) is 0 Å². The van der Waals surface area contributed by atoms with Crippen LogP contribution in [0, 0.1) is 0 Å². The van der Waals surface area contributed by atoms with Gasteiger partial charge in [0.1, 0.15) is 0 Å². The molecule has 4 heteroatoms. The van der Waals surface area contributed by atoms with Gasteiger partial charge in [-0.15, -0.1) is 0 Å². The molecule has 1 unspecified atom stereocenters. The second-order valence-electron chi connectivity index (χ2n) is 3.32. The van der Waals surface area contributed by atoms with Gasteiger partial charge in [0.15, 0.2) is 0 Å². The van der Waals surface area contributed by atoms with Crippen molar-refractivity contribution in [2.75, 3.05) is 19.8 Å². The second kappa shape index (κ2) is 9.37. The molecule has 2 N–H and O–H groups in total. The average Bonchev–Trinajstić information content (AvgIpc) is 2.10. The van der Waals surface area contributed by atoms with Gasteiger partial charge >= 0.3 is 0 Å². The number of rotatable bonds is 9. The van der Waals surface area contributed by atoms with Crippen molar-refractivity contribution in [3.05, 3.63) is 0 Å². The summed E-state index contributed by atoms with van der Waals surface area (Å²) in [5.74, 6) is 0. The Bertz CT molecular complexity index is 153. The molecule has 0 fully saturated rings. The van der Waals surface area contributed by atoms with Gasteiger partial charge in [-0.25, -0.2) is 0 Å². The fourth-order valence-electron chi connectivity index (χ4n) is 0.999. The Morgan fingerprint density at radius 2 is 2.07 bits per heavy atom. The summed E-state index contributed by atoms with van der Waals surface area (Å²) >= 11 is 4.77. The average molecular weight is 219 g/mol. The molecule has 3 nitrogen and oxygen atoms in total. The highest BCUT2D eigenvalue weighted by Gasteiger charge is 2.02. The lowest BCUT2D eigenvalue weighted by Crippen LogP contribution is -2.20. The molecule has 14 heavy (non-hydrogen) atoms. The summed E-state index contributed by atoms with van der Waals surface area (Å²) in [6.45, 7) is 6.20. The molecule has 0 aliphatic carbocycles. The van der Waals surface area contributed by atoms with Gasteiger partial charge < -0.3 is 15.2 Å². The fourth-order valence-corrected chi connectivity index (χ4v) is 1.23. The van der Waals surface area contributed by atoms with Gasteiger partial charge in [0.2, 0.25) is 0 Å². The second-order valence-corrected chi connectivity index (χ2v) is 3.84. The quantitative estimate of drug-likeness (QED) is 0.475. The minimum absolute atomic E-state index is 0.0993. The summed E-state index contributed by atoms with van der Waals surface area (Å²) in [7, 11) is 0. The van der Waals surface area contributed by atoms with Gasteiger partial charge in [0.25, 0.3) is 0 Å². The molecule has 0 saturated heterocycles. The molecule has 0 amide bonds. The van der Waals surface area contributed by atoms with Crippen LogP contribution in [-0.2, 0) is 9.47 Å². The highest BCUT2D eigenvalue weighted by molar-refractivity contribution is 7.80. The molecule has 0 aromatic rings. The van der Waals surface area contributed by atoms with Crippen molar-refractivity contribution in [3.63, 3.8) is 0 Å². The van der Waals surface area contributed by atoms with Crippen molar-refractivity contribution < 1.29 is 9.47 Å². The summed E-state index contributed by atoms with van der Waals surface area (Å²) < 4.78 is 10.8. The van der Waals surface area contributed by atoms with Crippen molar-refractivity contribution in [2.45, 2.75) is 39.2 Å². The van der Waals surface area contributed by atoms with Crippen LogP contribution in [0.25, 0.3) is 0 Å². The minimum Gasteiger partial charge on any atom is -0.393 e. The molecular weight excluding hydrogens is 198 g/mol. The topological polar surface area (TPSA) is 44.5 Å². The molecule has 0 aromatic carbocycles. The van der Waals surface area contributed by atoms with E-state index in [-0.39, 0.29) is 6.10 Å². The number of hydrogen-bond acceptors (Lipinski definition) is 3. The zero-order valence-corrected chi connectivity index (χ0v) is 9.94. The molecule has 0 heterocycles. The molecule has 0 spiro atoms.